The number of allylic oxidation sites excluding steroid dienone is 1. The molecule has 2 aromatic rings. The Kier molecular flexibility index (Phi) is 4.86. The van der Waals surface area contributed by atoms with Crippen LogP contribution in [0.2, 0.25) is 0 Å². The number of rotatable bonds is 5. The lowest BCUT2D eigenvalue weighted by Crippen LogP contribution is -2.12. The van der Waals surface area contributed by atoms with E-state index in [0.717, 1.165) is 16.3 Å². The highest BCUT2D eigenvalue weighted by Crippen LogP contribution is 2.30. The van der Waals surface area contributed by atoms with Gasteiger partial charge < -0.3 is 0 Å². The Morgan fingerprint density at radius 2 is 1.88 bits per heavy atom. The Morgan fingerprint density at radius 3 is 2.33 bits per heavy atom. The predicted octanol–water partition coefficient (Wildman–Crippen LogP) is 3.05. The molecule has 5 nitrogen and oxygen atoms in total. The second kappa shape index (κ2) is 6.40. The molecule has 2 N–H and O–H groups in total. The van der Waals surface area contributed by atoms with E-state index < -0.39 is 21.9 Å². The fourth-order valence-corrected chi connectivity index (χ4v) is 2.58. The summed E-state index contributed by atoms with van der Waals surface area (Å²) in [5, 5.41) is 8.61. The van der Waals surface area contributed by atoms with Crippen LogP contribution in [0.25, 0.3) is 5.69 Å². The van der Waals surface area contributed by atoms with E-state index in [4.69, 9.17) is 5.14 Å². The molecule has 2 rings (SSSR count). The average molecular weight is 359 g/mol. The zero-order chi connectivity index (χ0) is 18.1. The molecule has 130 valence electrons. The summed E-state index contributed by atoms with van der Waals surface area (Å²) in [5.41, 5.74) is 0.359. The van der Waals surface area contributed by atoms with Gasteiger partial charge in [0, 0.05) is 12.1 Å². The quantitative estimate of drug-likeness (QED) is 0.834. The molecule has 0 saturated carbocycles. The van der Waals surface area contributed by atoms with Gasteiger partial charge in [0.05, 0.1) is 10.6 Å². The van der Waals surface area contributed by atoms with Crippen LogP contribution in [0.1, 0.15) is 24.7 Å². The summed E-state index contributed by atoms with van der Waals surface area (Å²) in [5.74, 6) is 0. The van der Waals surface area contributed by atoms with Crippen LogP contribution in [-0.4, -0.2) is 18.2 Å². The number of aromatic nitrogens is 2. The molecule has 1 aromatic heterocycles. The van der Waals surface area contributed by atoms with E-state index in [1.807, 2.05) is 6.92 Å². The molecule has 1 aromatic carbocycles. The second-order valence-electron chi connectivity index (χ2n) is 5.25. The molecule has 0 fully saturated rings. The number of primary sulfonamides is 1. The minimum Gasteiger partial charge on any atom is -0.237 e. The van der Waals surface area contributed by atoms with Gasteiger partial charge in [0.2, 0.25) is 10.0 Å². The standard InChI is InChI=1S/C15H16F3N3O2S/c1-3-10(2)8-12-9-14(15(16,17)18)20-21(12)11-4-6-13(7-5-11)24(19,22)23/h4-7,9H,2-3,8H2,1H3,(H2,19,22,23). The van der Waals surface area contributed by atoms with E-state index in [1.165, 1.54) is 24.3 Å². The smallest absolute Gasteiger partial charge is 0.237 e. The van der Waals surface area contributed by atoms with Crippen LogP contribution in [-0.2, 0) is 22.6 Å². The Balaban J connectivity index is 2.51. The van der Waals surface area contributed by atoms with Crippen molar-refractivity contribution in [3.63, 3.8) is 0 Å². The summed E-state index contributed by atoms with van der Waals surface area (Å²) >= 11 is 0. The van der Waals surface area contributed by atoms with Crippen LogP contribution >= 0.6 is 0 Å². The summed E-state index contributed by atoms with van der Waals surface area (Å²) in [6.07, 6.45) is -3.72. The minimum atomic E-state index is -4.58. The van der Waals surface area contributed by atoms with Crippen molar-refractivity contribution < 1.29 is 21.6 Å². The maximum absolute atomic E-state index is 12.9. The molecule has 0 saturated heterocycles. The number of benzene rings is 1. The van der Waals surface area contributed by atoms with E-state index in [9.17, 15) is 21.6 Å². The fraction of sp³-hybridized carbons (Fsp3) is 0.267. The van der Waals surface area contributed by atoms with Gasteiger partial charge in [-0.2, -0.15) is 18.3 Å². The average Bonchev–Trinajstić information content (AvgIpc) is 2.90. The Labute approximate surface area is 137 Å². The van der Waals surface area contributed by atoms with E-state index >= 15 is 0 Å². The number of alkyl halides is 3. The highest BCUT2D eigenvalue weighted by Gasteiger charge is 2.35. The first-order chi connectivity index (χ1) is 11.0. The maximum atomic E-state index is 12.9. The third-order valence-corrected chi connectivity index (χ3v) is 4.34. The summed E-state index contributed by atoms with van der Waals surface area (Å²) in [6, 6.07) is 6.11. The Bertz CT molecular complexity index is 853. The normalized spacial score (nSPS) is 12.4. The Morgan fingerprint density at radius 1 is 1.29 bits per heavy atom. The summed E-state index contributed by atoms with van der Waals surface area (Å²) in [7, 11) is -3.88. The number of hydrogen-bond donors (Lipinski definition) is 1. The van der Waals surface area contributed by atoms with Crippen molar-refractivity contribution in [2.24, 2.45) is 5.14 Å². The molecule has 24 heavy (non-hydrogen) atoms. The number of sulfonamides is 1. The Hall–Kier alpha value is -2.13. The third-order valence-electron chi connectivity index (χ3n) is 3.41. The highest BCUT2D eigenvalue weighted by atomic mass is 32.2. The van der Waals surface area contributed by atoms with E-state index in [2.05, 4.69) is 11.7 Å². The maximum Gasteiger partial charge on any atom is 0.435 e. The second-order valence-corrected chi connectivity index (χ2v) is 6.81. The van der Waals surface area contributed by atoms with Crippen LogP contribution in [0.5, 0.6) is 0 Å². The molecule has 0 aliphatic rings. The van der Waals surface area contributed by atoms with Crippen molar-refractivity contribution in [1.29, 1.82) is 0 Å². The van der Waals surface area contributed by atoms with Crippen molar-refractivity contribution in [2.75, 3.05) is 0 Å². The summed E-state index contributed by atoms with van der Waals surface area (Å²) in [6.45, 7) is 5.66. The first-order valence-electron chi connectivity index (χ1n) is 6.98. The SMILES string of the molecule is C=C(CC)Cc1cc(C(F)(F)F)nn1-c1ccc(S(N)(=O)=O)cc1. The lowest BCUT2D eigenvalue weighted by atomic mass is 10.1. The lowest BCUT2D eigenvalue weighted by Gasteiger charge is -2.09. The summed E-state index contributed by atoms with van der Waals surface area (Å²) in [4.78, 5) is -0.131. The number of hydrogen-bond acceptors (Lipinski definition) is 3. The molecule has 0 aliphatic carbocycles. The third kappa shape index (κ3) is 4.04. The van der Waals surface area contributed by atoms with E-state index in [1.54, 1.807) is 0 Å². The van der Waals surface area contributed by atoms with Crippen LogP contribution in [0.4, 0.5) is 13.2 Å². The minimum absolute atomic E-state index is 0.131. The van der Waals surface area contributed by atoms with Gasteiger partial charge in [-0.3, -0.25) is 0 Å². The molecular weight excluding hydrogens is 343 g/mol. The van der Waals surface area contributed by atoms with Crippen molar-refractivity contribution >= 4 is 10.0 Å². The van der Waals surface area contributed by atoms with Gasteiger partial charge >= 0.3 is 6.18 Å². The first kappa shape index (κ1) is 18.2. The van der Waals surface area contributed by atoms with Gasteiger partial charge in [0.1, 0.15) is 0 Å². The molecular formula is C15H16F3N3O2S. The zero-order valence-corrected chi connectivity index (χ0v) is 13.7. The van der Waals surface area contributed by atoms with Gasteiger partial charge in [-0.15, -0.1) is 0 Å². The molecule has 9 heteroatoms. The van der Waals surface area contributed by atoms with Crippen LogP contribution < -0.4 is 5.14 Å². The van der Waals surface area contributed by atoms with Crippen molar-refractivity contribution in [1.82, 2.24) is 9.78 Å². The molecule has 0 atom stereocenters. The molecule has 0 aliphatic heterocycles. The number of nitrogens with two attached hydrogens (primary N) is 1. The predicted molar refractivity (Wildman–Crippen MR) is 83.1 cm³/mol. The molecule has 0 amide bonds. The monoisotopic (exact) mass is 359 g/mol. The highest BCUT2D eigenvalue weighted by molar-refractivity contribution is 7.89. The molecule has 0 spiro atoms. The zero-order valence-electron chi connectivity index (χ0n) is 12.8. The van der Waals surface area contributed by atoms with Crippen molar-refractivity contribution in [3.05, 3.63) is 53.9 Å². The van der Waals surface area contributed by atoms with Gasteiger partial charge in [0.25, 0.3) is 0 Å². The fourth-order valence-electron chi connectivity index (χ4n) is 2.07. The van der Waals surface area contributed by atoms with Crippen molar-refractivity contribution in [3.8, 4) is 5.69 Å². The topological polar surface area (TPSA) is 78.0 Å². The molecule has 1 heterocycles. The number of nitrogens with zero attached hydrogens (tertiary/aromatic N) is 2. The first-order valence-corrected chi connectivity index (χ1v) is 8.53. The molecule has 0 bridgehead atoms. The van der Waals surface area contributed by atoms with E-state index in [0.29, 0.717) is 17.8 Å². The van der Waals surface area contributed by atoms with Gasteiger partial charge in [-0.25, -0.2) is 18.2 Å². The summed E-state index contributed by atoms with van der Waals surface area (Å²) < 4.78 is 62.5. The van der Waals surface area contributed by atoms with Crippen LogP contribution in [0.15, 0.2) is 47.4 Å². The largest absolute Gasteiger partial charge is 0.435 e. The molecule has 0 radical (unpaired) electrons. The lowest BCUT2D eigenvalue weighted by molar-refractivity contribution is -0.141. The number of halogens is 3. The molecule has 0 unspecified atom stereocenters. The van der Waals surface area contributed by atoms with E-state index in [-0.39, 0.29) is 11.3 Å². The van der Waals surface area contributed by atoms with Crippen LogP contribution in [0, 0.1) is 0 Å². The van der Waals surface area contributed by atoms with Gasteiger partial charge in [-0.05, 0) is 36.8 Å². The van der Waals surface area contributed by atoms with Gasteiger partial charge in [0.15, 0.2) is 5.69 Å². The van der Waals surface area contributed by atoms with Gasteiger partial charge in [-0.1, -0.05) is 19.1 Å². The van der Waals surface area contributed by atoms with Crippen molar-refractivity contribution in [2.45, 2.75) is 30.8 Å². The van der Waals surface area contributed by atoms with Crippen LogP contribution in [0.3, 0.4) is 0 Å².